The van der Waals surface area contributed by atoms with Crippen molar-refractivity contribution in [3.8, 4) is 0 Å². The van der Waals surface area contributed by atoms with E-state index in [2.05, 4.69) is 22.5 Å². The second-order valence-corrected chi connectivity index (χ2v) is 5.31. The molecule has 0 fully saturated rings. The number of thiophene rings is 1. The van der Waals surface area contributed by atoms with E-state index in [0.717, 1.165) is 18.7 Å². The average Bonchev–Trinajstić information content (AvgIpc) is 2.84. The van der Waals surface area contributed by atoms with Gasteiger partial charge in [0.05, 0.1) is 15.7 Å². The first kappa shape index (κ1) is 13.5. The van der Waals surface area contributed by atoms with Gasteiger partial charge in [-0.2, -0.15) is 11.3 Å². The van der Waals surface area contributed by atoms with Crippen LogP contribution in [-0.2, 0) is 0 Å². The minimum atomic E-state index is 0.508. The smallest absolute Gasteiger partial charge is 0.151 e. The largest absolute Gasteiger partial charge is 0.369 e. The molecule has 0 unspecified atom stereocenters. The summed E-state index contributed by atoms with van der Waals surface area (Å²) in [5, 5.41) is 11.4. The van der Waals surface area contributed by atoms with E-state index in [-0.39, 0.29) is 0 Å². The van der Waals surface area contributed by atoms with Crippen LogP contribution in [0.4, 0.5) is 17.3 Å². The van der Waals surface area contributed by atoms with E-state index in [0.29, 0.717) is 21.7 Å². The number of anilines is 3. The number of hydrogen-bond acceptors (Lipinski definition) is 4. The molecule has 6 heteroatoms. The van der Waals surface area contributed by atoms with Crippen LogP contribution >= 0.6 is 34.5 Å². The van der Waals surface area contributed by atoms with Gasteiger partial charge in [-0.25, -0.2) is 4.98 Å². The summed E-state index contributed by atoms with van der Waals surface area (Å²) >= 11 is 13.8. The summed E-state index contributed by atoms with van der Waals surface area (Å²) in [6, 6.07) is 3.67. The molecule has 0 spiro atoms. The van der Waals surface area contributed by atoms with Crippen molar-refractivity contribution in [2.24, 2.45) is 0 Å². The van der Waals surface area contributed by atoms with Gasteiger partial charge in [-0.15, -0.1) is 0 Å². The minimum absolute atomic E-state index is 0.508. The molecule has 2 aromatic heterocycles. The van der Waals surface area contributed by atoms with Crippen LogP contribution < -0.4 is 10.6 Å². The van der Waals surface area contributed by atoms with Gasteiger partial charge in [0, 0.05) is 11.9 Å². The Morgan fingerprint density at radius 3 is 2.72 bits per heavy atom. The summed E-state index contributed by atoms with van der Waals surface area (Å²) in [6.45, 7) is 2.91. The Bertz CT molecular complexity index is 514. The van der Waals surface area contributed by atoms with Crippen LogP contribution in [0, 0.1) is 0 Å². The van der Waals surface area contributed by atoms with Crippen molar-refractivity contribution < 1.29 is 0 Å². The lowest BCUT2D eigenvalue weighted by molar-refractivity contribution is 0.970. The van der Waals surface area contributed by atoms with Crippen LogP contribution in [0.5, 0.6) is 0 Å². The zero-order valence-corrected chi connectivity index (χ0v) is 12.2. The summed E-state index contributed by atoms with van der Waals surface area (Å²) < 4.78 is 0. The average molecular weight is 302 g/mol. The van der Waals surface area contributed by atoms with E-state index in [4.69, 9.17) is 23.2 Å². The van der Waals surface area contributed by atoms with E-state index in [1.807, 2.05) is 16.8 Å². The van der Waals surface area contributed by atoms with Crippen LogP contribution in [0.1, 0.15) is 13.3 Å². The Labute approximate surface area is 120 Å². The quantitative estimate of drug-likeness (QED) is 0.814. The predicted molar refractivity (Wildman–Crippen MR) is 80.6 cm³/mol. The number of nitrogens with one attached hydrogen (secondary N) is 2. The zero-order chi connectivity index (χ0) is 13.0. The van der Waals surface area contributed by atoms with Crippen molar-refractivity contribution in [1.29, 1.82) is 0 Å². The van der Waals surface area contributed by atoms with Gasteiger partial charge in [-0.1, -0.05) is 30.1 Å². The van der Waals surface area contributed by atoms with Crippen molar-refractivity contribution in [2.75, 3.05) is 17.2 Å². The fraction of sp³-hybridized carbons (Fsp3) is 0.250. The monoisotopic (exact) mass is 301 g/mol. The molecule has 0 aliphatic heterocycles. The molecule has 2 N–H and O–H groups in total. The molecule has 0 amide bonds. The Kier molecular flexibility index (Phi) is 4.69. The van der Waals surface area contributed by atoms with E-state index < -0.39 is 0 Å². The Morgan fingerprint density at radius 1 is 1.28 bits per heavy atom. The van der Waals surface area contributed by atoms with E-state index in [1.165, 1.54) is 0 Å². The van der Waals surface area contributed by atoms with Gasteiger partial charge < -0.3 is 10.6 Å². The Balaban J connectivity index is 2.23. The highest BCUT2D eigenvalue weighted by Crippen LogP contribution is 2.31. The van der Waals surface area contributed by atoms with E-state index >= 15 is 0 Å². The molecule has 2 heterocycles. The topological polar surface area (TPSA) is 37.0 Å². The molecule has 18 heavy (non-hydrogen) atoms. The maximum absolute atomic E-state index is 6.12. The second-order valence-electron chi connectivity index (χ2n) is 3.71. The first-order valence-electron chi connectivity index (χ1n) is 5.60. The molecule has 0 aliphatic rings. The van der Waals surface area contributed by atoms with Crippen LogP contribution in [0.25, 0.3) is 0 Å². The number of aromatic nitrogens is 1. The number of rotatable bonds is 5. The maximum atomic E-state index is 6.12. The predicted octanol–water partition coefficient (Wildman–Crippen LogP) is 5.02. The highest BCUT2D eigenvalue weighted by molar-refractivity contribution is 7.08. The molecule has 0 atom stereocenters. The number of nitrogens with zero attached hydrogens (tertiary/aromatic N) is 1. The maximum Gasteiger partial charge on any atom is 0.151 e. The summed E-state index contributed by atoms with van der Waals surface area (Å²) in [5.74, 6) is 1.26. The van der Waals surface area contributed by atoms with Gasteiger partial charge in [0.1, 0.15) is 5.82 Å². The van der Waals surface area contributed by atoms with E-state index in [1.54, 1.807) is 17.4 Å². The summed E-state index contributed by atoms with van der Waals surface area (Å²) in [4.78, 5) is 4.40. The van der Waals surface area contributed by atoms with Crippen LogP contribution in [0.3, 0.4) is 0 Å². The molecule has 0 saturated carbocycles. The van der Waals surface area contributed by atoms with Crippen molar-refractivity contribution >= 4 is 51.9 Å². The molecular weight excluding hydrogens is 289 g/mol. The molecule has 96 valence electrons. The summed E-state index contributed by atoms with van der Waals surface area (Å²) in [6.07, 6.45) is 1.01. The minimum Gasteiger partial charge on any atom is -0.369 e. The number of pyridine rings is 1. The van der Waals surface area contributed by atoms with Gasteiger partial charge in [0.15, 0.2) is 5.82 Å². The van der Waals surface area contributed by atoms with Crippen molar-refractivity contribution in [3.63, 3.8) is 0 Å². The van der Waals surface area contributed by atoms with Gasteiger partial charge in [-0.05, 0) is 23.9 Å². The molecule has 0 radical (unpaired) electrons. The zero-order valence-electron chi connectivity index (χ0n) is 9.84. The fourth-order valence-electron chi connectivity index (χ4n) is 1.39. The lowest BCUT2D eigenvalue weighted by Crippen LogP contribution is -2.04. The second kappa shape index (κ2) is 6.27. The van der Waals surface area contributed by atoms with Gasteiger partial charge >= 0.3 is 0 Å². The lowest BCUT2D eigenvalue weighted by Gasteiger charge is -2.11. The first-order chi connectivity index (χ1) is 8.70. The van der Waals surface area contributed by atoms with Gasteiger partial charge in [0.2, 0.25) is 0 Å². The highest BCUT2D eigenvalue weighted by Gasteiger charge is 2.09. The highest BCUT2D eigenvalue weighted by atomic mass is 35.5. The normalized spacial score (nSPS) is 10.4. The molecular formula is C12H13Cl2N3S. The van der Waals surface area contributed by atoms with Gasteiger partial charge in [-0.3, -0.25) is 0 Å². The molecule has 2 rings (SSSR count). The third kappa shape index (κ3) is 3.28. The van der Waals surface area contributed by atoms with Crippen molar-refractivity contribution in [1.82, 2.24) is 4.98 Å². The van der Waals surface area contributed by atoms with Crippen LogP contribution in [0.15, 0.2) is 22.9 Å². The summed E-state index contributed by atoms with van der Waals surface area (Å²) in [7, 11) is 0. The van der Waals surface area contributed by atoms with Crippen LogP contribution in [-0.4, -0.2) is 11.5 Å². The number of halogens is 2. The molecule has 0 bridgehead atoms. The number of hydrogen-bond donors (Lipinski definition) is 2. The van der Waals surface area contributed by atoms with Crippen LogP contribution in [0.2, 0.25) is 10.0 Å². The fourth-order valence-corrected chi connectivity index (χ4v) is 2.45. The van der Waals surface area contributed by atoms with E-state index in [9.17, 15) is 0 Å². The molecule has 0 aromatic carbocycles. The lowest BCUT2D eigenvalue weighted by atomic mass is 10.4. The molecule has 0 saturated heterocycles. The first-order valence-corrected chi connectivity index (χ1v) is 7.29. The SMILES string of the molecule is CCCNc1nc(Nc2ccsc2)c(Cl)cc1Cl. The standard InChI is InChI=1S/C12H13Cl2N3S/c1-2-4-15-11-9(13)6-10(14)12(17-11)16-8-3-5-18-7-8/h3,5-7H,2,4H2,1H3,(H2,15,16,17). The molecule has 2 aromatic rings. The van der Waals surface area contributed by atoms with Crippen molar-refractivity contribution in [2.45, 2.75) is 13.3 Å². The van der Waals surface area contributed by atoms with Gasteiger partial charge in [0.25, 0.3) is 0 Å². The Hall–Kier alpha value is -0.970. The van der Waals surface area contributed by atoms with Crippen molar-refractivity contribution in [3.05, 3.63) is 32.9 Å². The third-order valence-corrected chi connectivity index (χ3v) is 3.52. The third-order valence-electron chi connectivity index (χ3n) is 2.26. The summed E-state index contributed by atoms with van der Waals surface area (Å²) in [5.41, 5.74) is 0.971. The molecule has 0 aliphatic carbocycles. The Morgan fingerprint density at radius 2 is 2.06 bits per heavy atom. The molecule has 3 nitrogen and oxygen atoms in total.